The van der Waals surface area contributed by atoms with Gasteiger partial charge in [0, 0.05) is 17.8 Å². The average Bonchev–Trinajstić information content (AvgIpc) is 2.52. The molecule has 5 N–H and O–H groups in total. The Bertz CT molecular complexity index is 547. The van der Waals surface area contributed by atoms with Crippen molar-refractivity contribution in [2.75, 3.05) is 33.0 Å². The molecule has 0 aromatic heterocycles. The lowest BCUT2D eigenvalue weighted by atomic mass is 10.2. The summed E-state index contributed by atoms with van der Waals surface area (Å²) in [5.41, 5.74) is 6.42. The first-order valence-electron chi connectivity index (χ1n) is 6.63. The maximum atomic E-state index is 11.8. The van der Waals surface area contributed by atoms with Crippen molar-refractivity contribution in [3.63, 3.8) is 0 Å². The molecule has 1 aromatic rings. The topological polar surface area (TPSA) is 123 Å². The fourth-order valence-corrected chi connectivity index (χ4v) is 1.67. The van der Waals surface area contributed by atoms with Gasteiger partial charge in [0.1, 0.15) is 6.04 Å². The van der Waals surface area contributed by atoms with Crippen LogP contribution in [0.5, 0.6) is 0 Å². The number of hydrogen-bond donors (Lipinski definition) is 4. The second-order valence-electron chi connectivity index (χ2n) is 4.48. The Morgan fingerprint density at radius 3 is 2.59 bits per heavy atom. The summed E-state index contributed by atoms with van der Waals surface area (Å²) in [4.78, 5) is 34.8. The molecule has 0 unspecified atom stereocenters. The van der Waals surface area contributed by atoms with Crippen LogP contribution in [0.2, 0.25) is 0 Å². The van der Waals surface area contributed by atoms with E-state index in [0.717, 1.165) is 0 Å². The van der Waals surface area contributed by atoms with Gasteiger partial charge in [-0.25, -0.2) is 0 Å². The maximum Gasteiger partial charge on any atom is 0.324 e. The SMILES string of the molecule is CN[C@@H](CNC(=O)CNC(=O)c1cccc(N)c1)C(=O)OC. The summed E-state index contributed by atoms with van der Waals surface area (Å²) < 4.78 is 4.57. The molecule has 0 bridgehead atoms. The van der Waals surface area contributed by atoms with E-state index < -0.39 is 23.8 Å². The van der Waals surface area contributed by atoms with Crippen LogP contribution in [-0.2, 0) is 14.3 Å². The number of nitrogen functional groups attached to an aromatic ring is 1. The number of hydrogen-bond acceptors (Lipinski definition) is 6. The van der Waals surface area contributed by atoms with Gasteiger partial charge in [-0.3, -0.25) is 14.4 Å². The molecule has 0 aliphatic carbocycles. The second kappa shape index (κ2) is 8.63. The lowest BCUT2D eigenvalue weighted by Gasteiger charge is -2.14. The zero-order valence-electron chi connectivity index (χ0n) is 12.5. The summed E-state index contributed by atoms with van der Waals surface area (Å²) in [6, 6.07) is 5.78. The molecule has 8 heteroatoms. The van der Waals surface area contributed by atoms with E-state index in [-0.39, 0.29) is 13.1 Å². The minimum absolute atomic E-state index is 0.0656. The van der Waals surface area contributed by atoms with Crippen molar-refractivity contribution in [3.05, 3.63) is 29.8 Å². The highest BCUT2D eigenvalue weighted by atomic mass is 16.5. The molecule has 1 aromatic carbocycles. The summed E-state index contributed by atoms with van der Waals surface area (Å²) in [5, 5.41) is 7.71. The standard InChI is InChI=1S/C14H20N4O4/c1-16-11(14(21)22-2)7-17-12(19)8-18-13(20)9-4-3-5-10(15)6-9/h3-6,11,16H,7-8,15H2,1-2H3,(H,17,19)(H,18,20)/t11-/m0/s1. The van der Waals surface area contributed by atoms with Gasteiger partial charge >= 0.3 is 5.97 Å². The third-order valence-electron chi connectivity index (χ3n) is 2.90. The van der Waals surface area contributed by atoms with E-state index in [0.29, 0.717) is 11.3 Å². The third-order valence-corrected chi connectivity index (χ3v) is 2.90. The van der Waals surface area contributed by atoms with Crippen LogP contribution in [0.4, 0.5) is 5.69 Å². The third kappa shape index (κ3) is 5.41. The van der Waals surface area contributed by atoms with Crippen LogP contribution >= 0.6 is 0 Å². The van der Waals surface area contributed by atoms with Gasteiger partial charge in [0.2, 0.25) is 5.91 Å². The zero-order chi connectivity index (χ0) is 16.5. The highest BCUT2D eigenvalue weighted by Crippen LogP contribution is 2.05. The minimum atomic E-state index is -0.640. The molecule has 2 amide bonds. The summed E-state index contributed by atoms with van der Waals surface area (Å²) in [6.07, 6.45) is 0. The van der Waals surface area contributed by atoms with Gasteiger partial charge in [-0.05, 0) is 25.2 Å². The van der Waals surface area contributed by atoms with Crippen LogP contribution in [0.25, 0.3) is 0 Å². The highest BCUT2D eigenvalue weighted by Gasteiger charge is 2.17. The minimum Gasteiger partial charge on any atom is -0.468 e. The molecule has 0 radical (unpaired) electrons. The quantitative estimate of drug-likeness (QED) is 0.374. The molecule has 1 rings (SSSR count). The summed E-state index contributed by atoms with van der Waals surface area (Å²) >= 11 is 0. The molecular weight excluding hydrogens is 288 g/mol. The van der Waals surface area contributed by atoms with Gasteiger partial charge in [-0.15, -0.1) is 0 Å². The first-order chi connectivity index (χ1) is 10.5. The van der Waals surface area contributed by atoms with Gasteiger partial charge in [0.25, 0.3) is 5.91 Å². The Morgan fingerprint density at radius 2 is 2.00 bits per heavy atom. The van der Waals surface area contributed by atoms with Crippen LogP contribution in [0.15, 0.2) is 24.3 Å². The van der Waals surface area contributed by atoms with E-state index in [1.807, 2.05) is 0 Å². The number of methoxy groups -OCH3 is 1. The fraction of sp³-hybridized carbons (Fsp3) is 0.357. The van der Waals surface area contributed by atoms with E-state index >= 15 is 0 Å². The monoisotopic (exact) mass is 308 g/mol. The summed E-state index contributed by atoms with van der Waals surface area (Å²) in [7, 11) is 2.84. The van der Waals surface area contributed by atoms with Gasteiger partial charge in [0.05, 0.1) is 13.7 Å². The van der Waals surface area contributed by atoms with Crippen molar-refractivity contribution in [3.8, 4) is 0 Å². The smallest absolute Gasteiger partial charge is 0.324 e. The van der Waals surface area contributed by atoms with Crippen molar-refractivity contribution < 1.29 is 19.1 Å². The number of ether oxygens (including phenoxy) is 1. The molecule has 1 atom stereocenters. The van der Waals surface area contributed by atoms with Crippen LogP contribution < -0.4 is 21.7 Å². The highest BCUT2D eigenvalue weighted by molar-refractivity contribution is 5.97. The Labute approximate surface area is 128 Å². The lowest BCUT2D eigenvalue weighted by Crippen LogP contribution is -2.47. The number of anilines is 1. The molecule has 0 aliphatic heterocycles. The van der Waals surface area contributed by atoms with Gasteiger partial charge in [-0.1, -0.05) is 6.07 Å². The molecule has 0 heterocycles. The number of carbonyl (C=O) groups excluding carboxylic acids is 3. The number of likely N-dealkylation sites (N-methyl/N-ethyl adjacent to an activating group) is 1. The van der Waals surface area contributed by atoms with E-state index in [1.54, 1.807) is 25.2 Å². The molecule has 0 aliphatic rings. The zero-order valence-corrected chi connectivity index (χ0v) is 12.5. The second-order valence-corrected chi connectivity index (χ2v) is 4.48. The van der Waals surface area contributed by atoms with Crippen molar-refractivity contribution in [2.24, 2.45) is 0 Å². The molecule has 0 spiro atoms. The Balaban J connectivity index is 2.40. The van der Waals surface area contributed by atoms with Gasteiger partial charge in [0.15, 0.2) is 0 Å². The van der Waals surface area contributed by atoms with Crippen LogP contribution in [0.1, 0.15) is 10.4 Å². The number of esters is 1. The largest absolute Gasteiger partial charge is 0.468 e. The summed E-state index contributed by atoms with van der Waals surface area (Å²) in [6.45, 7) is -0.137. The van der Waals surface area contributed by atoms with Crippen molar-refractivity contribution >= 4 is 23.5 Å². The molecule has 8 nitrogen and oxygen atoms in total. The Hall–Kier alpha value is -2.61. The predicted molar refractivity (Wildman–Crippen MR) is 81.1 cm³/mol. The number of rotatable bonds is 7. The molecule has 22 heavy (non-hydrogen) atoms. The van der Waals surface area contributed by atoms with E-state index in [1.165, 1.54) is 13.2 Å². The van der Waals surface area contributed by atoms with Crippen LogP contribution in [-0.4, -0.2) is 51.1 Å². The Kier molecular flexibility index (Phi) is 6.84. The van der Waals surface area contributed by atoms with Crippen LogP contribution in [0, 0.1) is 0 Å². The molecule has 120 valence electrons. The first-order valence-corrected chi connectivity index (χ1v) is 6.63. The van der Waals surface area contributed by atoms with E-state index in [9.17, 15) is 14.4 Å². The first kappa shape index (κ1) is 17.4. The van der Waals surface area contributed by atoms with Gasteiger partial charge in [-0.2, -0.15) is 0 Å². The predicted octanol–water partition coefficient (Wildman–Crippen LogP) is -1.12. The molecule has 0 saturated heterocycles. The van der Waals surface area contributed by atoms with Crippen LogP contribution in [0.3, 0.4) is 0 Å². The summed E-state index contributed by atoms with van der Waals surface area (Å²) in [5.74, 6) is -1.30. The number of nitrogens with one attached hydrogen (secondary N) is 3. The van der Waals surface area contributed by atoms with Crippen molar-refractivity contribution in [1.29, 1.82) is 0 Å². The maximum absolute atomic E-state index is 11.8. The lowest BCUT2D eigenvalue weighted by molar-refractivity contribution is -0.142. The Morgan fingerprint density at radius 1 is 1.27 bits per heavy atom. The van der Waals surface area contributed by atoms with E-state index in [2.05, 4.69) is 20.7 Å². The average molecular weight is 308 g/mol. The van der Waals surface area contributed by atoms with Crippen molar-refractivity contribution in [1.82, 2.24) is 16.0 Å². The fourth-order valence-electron chi connectivity index (χ4n) is 1.67. The molecule has 0 fully saturated rings. The number of carbonyl (C=O) groups is 3. The number of nitrogens with two attached hydrogens (primary N) is 1. The number of benzene rings is 1. The normalized spacial score (nSPS) is 11.4. The molecule has 0 saturated carbocycles. The van der Waals surface area contributed by atoms with Gasteiger partial charge < -0.3 is 26.4 Å². The molecular formula is C14H20N4O4. The van der Waals surface area contributed by atoms with E-state index in [4.69, 9.17) is 5.73 Å². The number of amides is 2. The van der Waals surface area contributed by atoms with Crippen molar-refractivity contribution in [2.45, 2.75) is 6.04 Å².